The van der Waals surface area contributed by atoms with Crippen molar-refractivity contribution in [2.75, 3.05) is 19.8 Å². The Hall–Kier alpha value is -2.15. The number of hydrogen-bond donors (Lipinski definition) is 6. The number of hydrogen-bond acceptors (Lipinski definition) is 9. The van der Waals surface area contributed by atoms with Crippen LogP contribution in [0.4, 0.5) is 0 Å². The van der Waals surface area contributed by atoms with E-state index < -0.39 is 53.6 Å². The van der Waals surface area contributed by atoms with Gasteiger partial charge in [0, 0.05) is 17.9 Å². The Morgan fingerprint density at radius 3 is 2.31 bits per heavy atom. The Balaban J connectivity index is 1.21. The van der Waals surface area contributed by atoms with Gasteiger partial charge in [0.05, 0.1) is 37.4 Å². The first-order chi connectivity index (χ1) is 28.1. The van der Waals surface area contributed by atoms with Crippen molar-refractivity contribution in [3.8, 4) is 0 Å². The molecule has 1 heterocycles. The zero-order valence-corrected chi connectivity index (χ0v) is 35.7. The highest BCUT2D eigenvalue weighted by atomic mass is 16.7. The summed E-state index contributed by atoms with van der Waals surface area (Å²) in [4.78, 5) is 13.4. The molecule has 59 heavy (non-hydrogen) atoms. The molecule has 7 aliphatic carbocycles. The smallest absolute Gasteiger partial charge is 0.310 e. The van der Waals surface area contributed by atoms with Crippen molar-refractivity contribution in [3.63, 3.8) is 0 Å². The maximum atomic E-state index is 13.4. The molecule has 0 aromatic heterocycles. The van der Waals surface area contributed by atoms with Gasteiger partial charge < -0.3 is 44.8 Å². The van der Waals surface area contributed by atoms with Gasteiger partial charge in [-0.1, -0.05) is 101 Å². The number of aliphatic carboxylic acids is 1. The van der Waals surface area contributed by atoms with E-state index in [1.165, 1.54) is 12.0 Å². The lowest BCUT2D eigenvalue weighted by atomic mass is 9.27. The Bertz CT molecular complexity index is 1790. The number of fused-ring (bicyclic) bond motifs is 5. The minimum Gasteiger partial charge on any atom is -0.481 e. The topological polar surface area (TPSA) is 166 Å². The molecule has 1 aromatic carbocycles. The molecule has 326 valence electrons. The van der Waals surface area contributed by atoms with Gasteiger partial charge in [0.25, 0.3) is 0 Å². The van der Waals surface area contributed by atoms with Gasteiger partial charge in [-0.05, 0) is 115 Å². The molecule has 0 amide bonds. The molecule has 10 nitrogen and oxygen atoms in total. The molecule has 10 heteroatoms. The average Bonchev–Trinajstić information content (AvgIpc) is 3.23. The van der Waals surface area contributed by atoms with Crippen molar-refractivity contribution >= 4 is 5.97 Å². The summed E-state index contributed by atoms with van der Waals surface area (Å²) in [5.74, 6) is -0.269. The summed E-state index contributed by atoms with van der Waals surface area (Å²) in [6.07, 6.45) is 11.5. The fraction of sp³-hybridized carbons (Fsp3) is 0.776. The van der Waals surface area contributed by atoms with E-state index in [0.717, 1.165) is 50.5 Å². The van der Waals surface area contributed by atoms with Gasteiger partial charge in [-0.15, -0.1) is 0 Å². The molecule has 8 aliphatic rings. The highest BCUT2D eigenvalue weighted by molar-refractivity contribution is 5.76. The standard InChI is InChI=1S/C49H70O10/c1-44(27-50)19-21-48(43(55)56)22-20-46(3)32(34(48)24-44)17-18-36-47(46,4)23-30-15-16-33-39(57-25-29-11-7-5-8-12-29)41(59-42-38(54)37(53)35(52)26-58-42)45(2,28-51)40(30)49(33,36)31-13-9-6-10-14-31/h5,7-8,11-12,15-17,30-31,33-42,50-54H,6,9-10,13-14,18-28H2,1-4H3,(H,55,56)/t30-,33-,34-,35+,36-,37-,38+,39+,40+,41+,42-,44-,45-,46+,47+,48-,49+/m0/s1. The summed E-state index contributed by atoms with van der Waals surface area (Å²) in [5, 5.41) is 66.1. The average molecular weight is 819 g/mol. The molecular weight excluding hydrogens is 749 g/mol. The monoisotopic (exact) mass is 818 g/mol. The molecule has 1 aromatic rings. The van der Waals surface area contributed by atoms with Crippen molar-refractivity contribution in [1.82, 2.24) is 0 Å². The molecule has 5 saturated carbocycles. The predicted octanol–water partition coefficient (Wildman–Crippen LogP) is 6.42. The molecule has 9 rings (SSSR count). The molecule has 6 N–H and O–H groups in total. The second kappa shape index (κ2) is 15.0. The summed E-state index contributed by atoms with van der Waals surface area (Å²) < 4.78 is 20.1. The number of ether oxygens (including phenoxy) is 3. The molecule has 0 radical (unpaired) electrons. The summed E-state index contributed by atoms with van der Waals surface area (Å²) in [6, 6.07) is 10.1. The Morgan fingerprint density at radius 2 is 1.61 bits per heavy atom. The number of rotatable bonds is 9. The summed E-state index contributed by atoms with van der Waals surface area (Å²) in [7, 11) is 0. The summed E-state index contributed by atoms with van der Waals surface area (Å²) in [6.45, 7) is 9.32. The van der Waals surface area contributed by atoms with Crippen LogP contribution in [0.1, 0.15) is 110 Å². The normalized spacial score (nSPS) is 50.5. The molecule has 1 aliphatic heterocycles. The number of carbonyl (C=O) groups is 1. The Labute approximate surface area is 350 Å². The van der Waals surface area contributed by atoms with Crippen molar-refractivity contribution in [2.24, 2.45) is 68.0 Å². The lowest BCUT2D eigenvalue weighted by Gasteiger charge is -2.78. The van der Waals surface area contributed by atoms with Crippen LogP contribution in [0.5, 0.6) is 0 Å². The maximum absolute atomic E-state index is 13.4. The van der Waals surface area contributed by atoms with E-state index in [9.17, 15) is 35.4 Å². The van der Waals surface area contributed by atoms with Gasteiger partial charge in [0.15, 0.2) is 6.29 Å². The van der Waals surface area contributed by atoms with Crippen LogP contribution in [-0.4, -0.2) is 93.2 Å². The first-order valence-corrected chi connectivity index (χ1v) is 22.9. The third-order valence-corrected chi connectivity index (χ3v) is 19.1. The van der Waals surface area contributed by atoms with Crippen LogP contribution in [0, 0.1) is 68.0 Å². The summed E-state index contributed by atoms with van der Waals surface area (Å²) >= 11 is 0. The minimum atomic E-state index is -1.48. The van der Waals surface area contributed by atoms with E-state index in [4.69, 9.17) is 14.2 Å². The van der Waals surface area contributed by atoms with Gasteiger partial charge in [0.2, 0.25) is 0 Å². The van der Waals surface area contributed by atoms with Crippen LogP contribution in [0.3, 0.4) is 0 Å². The van der Waals surface area contributed by atoms with Gasteiger partial charge in [-0.2, -0.15) is 0 Å². The highest BCUT2D eigenvalue weighted by Crippen LogP contribution is 2.81. The summed E-state index contributed by atoms with van der Waals surface area (Å²) in [5.41, 5.74) is -0.432. The lowest BCUT2D eigenvalue weighted by molar-refractivity contribution is -0.356. The zero-order chi connectivity index (χ0) is 41.8. The number of aliphatic hydroxyl groups is 5. The third-order valence-electron chi connectivity index (χ3n) is 19.1. The number of aliphatic hydroxyl groups excluding tert-OH is 5. The SMILES string of the molecule is C[C@]1(CO)CC[C@]2(C(=O)O)CC[C@]3(C)C(=CC[C@@H]4[C@]5(C6CCCCC6)[C@@H]6[C@@H](C=C[C@H]5[C@@H](OCc5ccccc5)[C@@H](O[C@@H]5OC[C@@H](O)[C@H](O)[C@H]5O)[C@@]6(C)CO)C[C@]43C)[C@@H]2C1. The Morgan fingerprint density at radius 1 is 0.881 bits per heavy atom. The first-order valence-electron chi connectivity index (χ1n) is 22.9. The zero-order valence-electron chi connectivity index (χ0n) is 35.7. The van der Waals surface area contributed by atoms with Crippen LogP contribution in [0.2, 0.25) is 0 Å². The number of allylic oxidation sites excluding steroid dienone is 3. The van der Waals surface area contributed by atoms with E-state index in [0.29, 0.717) is 38.2 Å². The fourth-order valence-electron chi connectivity index (χ4n) is 16.0. The van der Waals surface area contributed by atoms with Crippen molar-refractivity contribution in [1.29, 1.82) is 0 Å². The van der Waals surface area contributed by atoms with Crippen LogP contribution >= 0.6 is 0 Å². The van der Waals surface area contributed by atoms with E-state index in [-0.39, 0.29) is 71.1 Å². The third kappa shape index (κ3) is 5.96. The van der Waals surface area contributed by atoms with Crippen LogP contribution in [0.25, 0.3) is 0 Å². The van der Waals surface area contributed by atoms with E-state index in [1.807, 2.05) is 18.2 Å². The largest absolute Gasteiger partial charge is 0.481 e. The molecule has 17 atom stereocenters. The van der Waals surface area contributed by atoms with Gasteiger partial charge in [0.1, 0.15) is 18.3 Å². The fourth-order valence-corrected chi connectivity index (χ4v) is 16.0. The molecular formula is C49H70O10. The van der Waals surface area contributed by atoms with Crippen molar-refractivity contribution < 1.29 is 49.6 Å². The van der Waals surface area contributed by atoms with Crippen molar-refractivity contribution in [2.45, 2.75) is 148 Å². The first kappa shape index (κ1) is 42.2. The van der Waals surface area contributed by atoms with Crippen LogP contribution in [-0.2, 0) is 25.6 Å². The van der Waals surface area contributed by atoms with Gasteiger partial charge in [-0.3, -0.25) is 4.79 Å². The second-order valence-electron chi connectivity index (χ2n) is 21.7. The predicted molar refractivity (Wildman–Crippen MR) is 220 cm³/mol. The molecule has 6 fully saturated rings. The molecule has 1 saturated heterocycles. The molecule has 0 unspecified atom stereocenters. The Kier molecular flexibility index (Phi) is 10.7. The molecule has 4 bridgehead atoms. The highest BCUT2D eigenvalue weighted by Gasteiger charge is 2.78. The lowest BCUT2D eigenvalue weighted by Crippen LogP contribution is -2.77. The second-order valence-corrected chi connectivity index (χ2v) is 21.7. The van der Waals surface area contributed by atoms with E-state index >= 15 is 0 Å². The number of benzene rings is 1. The van der Waals surface area contributed by atoms with Gasteiger partial charge >= 0.3 is 5.97 Å². The number of carboxylic acids is 1. The quantitative estimate of drug-likeness (QED) is 0.121. The van der Waals surface area contributed by atoms with Crippen LogP contribution in [0.15, 0.2) is 54.1 Å². The molecule has 0 spiro atoms. The van der Waals surface area contributed by atoms with Crippen molar-refractivity contribution in [3.05, 3.63) is 59.7 Å². The minimum absolute atomic E-state index is 0.00149. The maximum Gasteiger partial charge on any atom is 0.310 e. The van der Waals surface area contributed by atoms with E-state index in [1.54, 1.807) is 0 Å². The number of carboxylic acid groups (broad SMARTS) is 1. The van der Waals surface area contributed by atoms with Crippen LogP contribution < -0.4 is 0 Å². The van der Waals surface area contributed by atoms with Gasteiger partial charge in [-0.25, -0.2) is 0 Å². The van der Waals surface area contributed by atoms with E-state index in [2.05, 4.69) is 58.1 Å².